The average Bonchev–Trinajstić information content (AvgIpc) is 2.93. The van der Waals surface area contributed by atoms with Crippen molar-refractivity contribution in [3.8, 4) is 0 Å². The minimum absolute atomic E-state index is 0.224. The molecule has 2 aliphatic rings. The molecule has 0 radical (unpaired) electrons. The molecule has 0 bridgehead atoms. The smallest absolute Gasteiger partial charge is 0.278 e. The monoisotopic (exact) mass is 409 g/mol. The van der Waals surface area contributed by atoms with Crippen LogP contribution in [0.3, 0.4) is 0 Å². The molecule has 3 heterocycles. The van der Waals surface area contributed by atoms with E-state index in [1.54, 1.807) is 24.5 Å². The van der Waals surface area contributed by atoms with Crippen LogP contribution in [0.1, 0.15) is 31.4 Å². The zero-order valence-electron chi connectivity index (χ0n) is 16.6. The van der Waals surface area contributed by atoms with Crippen molar-refractivity contribution in [3.05, 3.63) is 70.6 Å². The van der Waals surface area contributed by atoms with Crippen molar-refractivity contribution in [1.29, 1.82) is 0 Å². The van der Waals surface area contributed by atoms with Crippen LogP contribution in [0.15, 0.2) is 54.5 Å². The van der Waals surface area contributed by atoms with Crippen LogP contribution in [-0.2, 0) is 16.1 Å². The van der Waals surface area contributed by atoms with Crippen LogP contribution in [-0.4, -0.2) is 39.7 Å². The van der Waals surface area contributed by atoms with Gasteiger partial charge in [-0.3, -0.25) is 19.5 Å². The van der Waals surface area contributed by atoms with Crippen molar-refractivity contribution >= 4 is 29.0 Å². The number of hydrogen-bond acceptors (Lipinski definition) is 4. The van der Waals surface area contributed by atoms with E-state index in [0.717, 1.165) is 30.6 Å². The minimum atomic E-state index is -0.255. The Morgan fingerprint density at radius 2 is 1.59 bits per heavy atom. The van der Waals surface area contributed by atoms with Gasteiger partial charge in [-0.15, -0.1) is 0 Å². The molecule has 150 valence electrons. The third-order valence-electron chi connectivity index (χ3n) is 5.55. The number of carbonyl (C=O) groups excluding carboxylic acids is 2. The molecule has 1 fully saturated rings. The van der Waals surface area contributed by atoms with Gasteiger partial charge in [0.1, 0.15) is 5.70 Å². The molecule has 2 atom stereocenters. The molecule has 4 rings (SSSR count). The summed E-state index contributed by atoms with van der Waals surface area (Å²) in [6, 6.07) is 10.8. The molecular formula is C23H24ClN3O2. The second-order valence-corrected chi connectivity index (χ2v) is 8.57. The first-order chi connectivity index (χ1) is 13.9. The van der Waals surface area contributed by atoms with Gasteiger partial charge in [-0.05, 0) is 53.6 Å². The topological polar surface area (TPSA) is 53.5 Å². The summed E-state index contributed by atoms with van der Waals surface area (Å²) in [6.07, 6.45) is 4.47. The summed E-state index contributed by atoms with van der Waals surface area (Å²) in [5.74, 6) is 0.456. The molecule has 2 unspecified atom stereocenters. The Labute approximate surface area is 176 Å². The van der Waals surface area contributed by atoms with Gasteiger partial charge in [0.25, 0.3) is 11.8 Å². The van der Waals surface area contributed by atoms with Gasteiger partial charge >= 0.3 is 0 Å². The summed E-state index contributed by atoms with van der Waals surface area (Å²) in [5.41, 5.74) is 2.59. The van der Waals surface area contributed by atoms with Gasteiger partial charge in [-0.1, -0.05) is 37.6 Å². The van der Waals surface area contributed by atoms with Crippen LogP contribution in [0, 0.1) is 11.8 Å². The van der Waals surface area contributed by atoms with E-state index in [0.29, 0.717) is 28.1 Å². The normalized spacial score (nSPS) is 22.6. The van der Waals surface area contributed by atoms with Crippen LogP contribution in [0.5, 0.6) is 0 Å². The Morgan fingerprint density at radius 1 is 0.966 bits per heavy atom. The second kappa shape index (κ2) is 7.99. The quantitative estimate of drug-likeness (QED) is 0.716. The predicted octanol–water partition coefficient (Wildman–Crippen LogP) is 3.99. The van der Waals surface area contributed by atoms with Crippen LogP contribution in [0.25, 0.3) is 5.57 Å². The van der Waals surface area contributed by atoms with Crippen molar-refractivity contribution in [2.75, 3.05) is 13.1 Å². The van der Waals surface area contributed by atoms with E-state index in [2.05, 4.69) is 23.7 Å². The molecule has 0 aliphatic carbocycles. The minimum Gasteiger partial charge on any atom is -0.366 e. The number of pyridine rings is 1. The highest BCUT2D eigenvalue weighted by Gasteiger charge is 2.42. The lowest BCUT2D eigenvalue weighted by molar-refractivity contribution is -0.138. The number of likely N-dealkylation sites (tertiary alicyclic amines) is 1. The lowest BCUT2D eigenvalue weighted by atomic mass is 9.91. The average molecular weight is 410 g/mol. The second-order valence-electron chi connectivity index (χ2n) is 8.13. The van der Waals surface area contributed by atoms with Crippen molar-refractivity contribution < 1.29 is 9.59 Å². The number of piperidine rings is 1. The Balaban J connectivity index is 1.75. The van der Waals surface area contributed by atoms with Crippen LogP contribution in [0.2, 0.25) is 5.02 Å². The first kappa shape index (κ1) is 19.6. The van der Waals surface area contributed by atoms with E-state index in [1.807, 2.05) is 24.3 Å². The summed E-state index contributed by atoms with van der Waals surface area (Å²) < 4.78 is 0. The fraction of sp³-hybridized carbons (Fsp3) is 0.348. The molecule has 2 amide bonds. The summed E-state index contributed by atoms with van der Waals surface area (Å²) in [5, 5.41) is 0.599. The number of halogens is 1. The highest BCUT2D eigenvalue weighted by atomic mass is 35.5. The van der Waals surface area contributed by atoms with Crippen LogP contribution in [0.4, 0.5) is 0 Å². The third-order valence-corrected chi connectivity index (χ3v) is 5.80. The molecule has 0 N–H and O–H groups in total. The van der Waals surface area contributed by atoms with E-state index < -0.39 is 0 Å². The fourth-order valence-electron chi connectivity index (χ4n) is 4.39. The summed E-state index contributed by atoms with van der Waals surface area (Å²) in [7, 11) is 0. The molecule has 1 saturated heterocycles. The fourth-order valence-corrected chi connectivity index (χ4v) is 4.52. The zero-order chi connectivity index (χ0) is 20.5. The molecule has 6 heteroatoms. The molecule has 2 aliphatic heterocycles. The number of benzene rings is 1. The zero-order valence-corrected chi connectivity index (χ0v) is 17.4. The largest absolute Gasteiger partial charge is 0.366 e. The first-order valence-electron chi connectivity index (χ1n) is 9.94. The van der Waals surface area contributed by atoms with Crippen molar-refractivity contribution in [3.63, 3.8) is 0 Å². The summed E-state index contributed by atoms with van der Waals surface area (Å²) >= 11 is 6.05. The lowest BCUT2D eigenvalue weighted by Gasteiger charge is -2.37. The number of imide groups is 1. The Bertz CT molecular complexity index is 946. The number of rotatable bonds is 4. The van der Waals surface area contributed by atoms with Crippen molar-refractivity contribution in [2.45, 2.75) is 26.8 Å². The summed E-state index contributed by atoms with van der Waals surface area (Å²) in [6.45, 7) is 6.18. The molecular weight excluding hydrogens is 386 g/mol. The van der Waals surface area contributed by atoms with E-state index >= 15 is 0 Å². The SMILES string of the molecule is CC1CC(C)CN(C2=C(c3ccc(Cl)cc3)C(=O)N(Cc3ccncc3)C2=O)C1. The highest BCUT2D eigenvalue weighted by molar-refractivity contribution is 6.35. The maximum Gasteiger partial charge on any atom is 0.278 e. The standard InChI is InChI=1S/C23H24ClN3O2/c1-15-11-16(2)13-26(12-15)21-20(18-3-5-19(24)6-4-18)22(28)27(23(21)29)14-17-7-9-25-10-8-17/h3-10,15-16H,11-14H2,1-2H3. The van der Waals surface area contributed by atoms with E-state index in [-0.39, 0.29) is 18.4 Å². The Hall–Kier alpha value is -2.66. The first-order valence-corrected chi connectivity index (χ1v) is 10.3. The number of aromatic nitrogens is 1. The molecule has 1 aromatic carbocycles. The maximum absolute atomic E-state index is 13.4. The van der Waals surface area contributed by atoms with Gasteiger partial charge in [0.05, 0.1) is 12.1 Å². The molecule has 5 nitrogen and oxygen atoms in total. The molecule has 0 spiro atoms. The number of nitrogens with zero attached hydrogens (tertiary/aromatic N) is 3. The van der Waals surface area contributed by atoms with E-state index in [4.69, 9.17) is 11.6 Å². The molecule has 1 aromatic heterocycles. The summed E-state index contributed by atoms with van der Waals surface area (Å²) in [4.78, 5) is 34.3. The number of carbonyl (C=O) groups is 2. The molecule has 2 aromatic rings. The third kappa shape index (κ3) is 3.92. The van der Waals surface area contributed by atoms with Crippen molar-refractivity contribution in [1.82, 2.24) is 14.8 Å². The van der Waals surface area contributed by atoms with Crippen LogP contribution >= 0.6 is 11.6 Å². The lowest BCUT2D eigenvalue weighted by Crippen LogP contribution is -2.41. The highest BCUT2D eigenvalue weighted by Crippen LogP contribution is 2.36. The number of hydrogen-bond donors (Lipinski definition) is 0. The van der Waals surface area contributed by atoms with E-state index in [1.165, 1.54) is 4.90 Å². The maximum atomic E-state index is 13.4. The van der Waals surface area contributed by atoms with Crippen molar-refractivity contribution in [2.24, 2.45) is 11.8 Å². The molecule has 0 saturated carbocycles. The predicted molar refractivity (Wildman–Crippen MR) is 113 cm³/mol. The van der Waals surface area contributed by atoms with Gasteiger partial charge in [0, 0.05) is 30.5 Å². The van der Waals surface area contributed by atoms with Gasteiger partial charge in [0.2, 0.25) is 0 Å². The Kier molecular flexibility index (Phi) is 5.41. The van der Waals surface area contributed by atoms with E-state index in [9.17, 15) is 9.59 Å². The molecule has 29 heavy (non-hydrogen) atoms. The van der Waals surface area contributed by atoms with Gasteiger partial charge < -0.3 is 4.90 Å². The number of amides is 2. The van der Waals surface area contributed by atoms with Crippen LogP contribution < -0.4 is 0 Å². The Morgan fingerprint density at radius 3 is 2.21 bits per heavy atom. The van der Waals surface area contributed by atoms with Gasteiger partial charge in [0.15, 0.2) is 0 Å². The van der Waals surface area contributed by atoms with Gasteiger partial charge in [-0.2, -0.15) is 0 Å². The van der Waals surface area contributed by atoms with Gasteiger partial charge in [-0.25, -0.2) is 0 Å².